The van der Waals surface area contributed by atoms with Gasteiger partial charge in [0.05, 0.1) is 12.2 Å². The Balaban J connectivity index is 2.18. The van der Waals surface area contributed by atoms with Crippen molar-refractivity contribution in [3.63, 3.8) is 0 Å². The fourth-order valence-electron chi connectivity index (χ4n) is 1.89. The fourth-order valence-corrected chi connectivity index (χ4v) is 1.89. The molecule has 100 valence electrons. The van der Waals surface area contributed by atoms with Crippen LogP contribution in [0.3, 0.4) is 0 Å². The van der Waals surface area contributed by atoms with Crippen molar-refractivity contribution in [3.05, 3.63) is 51.7 Å². The summed E-state index contributed by atoms with van der Waals surface area (Å²) in [6.45, 7) is 3.79. The van der Waals surface area contributed by atoms with Gasteiger partial charge in [0, 0.05) is 24.5 Å². The Bertz CT molecular complexity index is 657. The third-order valence-corrected chi connectivity index (χ3v) is 3.15. The summed E-state index contributed by atoms with van der Waals surface area (Å²) in [6, 6.07) is 2.91. The zero-order chi connectivity index (χ0) is 14.0. The van der Waals surface area contributed by atoms with Gasteiger partial charge in [0.15, 0.2) is 0 Å². The standard InChI is InChI=1S/C13H16N4O2/c1-8(11-7-15-17(3)9(11)2)16-13(19)10-5-4-6-14-12(10)18/h4-8H,1-3H3,(H,14,18)(H,16,19)/t8-/m1/s1. The van der Waals surface area contributed by atoms with Crippen LogP contribution in [0.1, 0.15) is 34.6 Å². The molecule has 0 spiro atoms. The summed E-state index contributed by atoms with van der Waals surface area (Å²) in [5, 5.41) is 6.93. The number of H-pyrrole nitrogens is 1. The zero-order valence-corrected chi connectivity index (χ0v) is 11.1. The van der Waals surface area contributed by atoms with Gasteiger partial charge >= 0.3 is 0 Å². The van der Waals surface area contributed by atoms with Crippen LogP contribution >= 0.6 is 0 Å². The number of aromatic amines is 1. The second-order valence-electron chi connectivity index (χ2n) is 4.42. The molecule has 0 radical (unpaired) electrons. The highest BCUT2D eigenvalue weighted by Crippen LogP contribution is 2.16. The maximum atomic E-state index is 12.0. The van der Waals surface area contributed by atoms with E-state index in [2.05, 4.69) is 15.4 Å². The summed E-state index contributed by atoms with van der Waals surface area (Å²) in [4.78, 5) is 26.0. The molecule has 0 fully saturated rings. The number of hydrogen-bond donors (Lipinski definition) is 2. The highest BCUT2D eigenvalue weighted by molar-refractivity contribution is 5.93. The molecule has 0 aromatic carbocycles. The summed E-state index contributed by atoms with van der Waals surface area (Å²) in [7, 11) is 1.84. The van der Waals surface area contributed by atoms with Crippen LogP contribution in [0.25, 0.3) is 0 Å². The Morgan fingerprint density at radius 2 is 2.26 bits per heavy atom. The Labute approximate surface area is 110 Å². The van der Waals surface area contributed by atoms with Gasteiger partial charge in [-0.2, -0.15) is 5.10 Å². The third kappa shape index (κ3) is 2.57. The molecule has 1 atom stereocenters. The molecule has 1 amide bonds. The Kier molecular flexibility index (Phi) is 3.50. The predicted molar refractivity (Wildman–Crippen MR) is 70.9 cm³/mol. The van der Waals surface area contributed by atoms with E-state index in [0.29, 0.717) is 0 Å². The number of aromatic nitrogens is 3. The van der Waals surface area contributed by atoms with E-state index in [9.17, 15) is 9.59 Å². The third-order valence-electron chi connectivity index (χ3n) is 3.15. The van der Waals surface area contributed by atoms with Gasteiger partial charge in [-0.05, 0) is 26.0 Å². The number of carbonyl (C=O) groups is 1. The Morgan fingerprint density at radius 3 is 2.84 bits per heavy atom. The largest absolute Gasteiger partial charge is 0.345 e. The molecule has 6 nitrogen and oxygen atoms in total. The lowest BCUT2D eigenvalue weighted by atomic mass is 10.1. The van der Waals surface area contributed by atoms with Crippen LogP contribution in [-0.4, -0.2) is 20.7 Å². The Morgan fingerprint density at radius 1 is 1.53 bits per heavy atom. The van der Waals surface area contributed by atoms with E-state index in [0.717, 1.165) is 11.3 Å². The summed E-state index contributed by atoms with van der Waals surface area (Å²) in [6.07, 6.45) is 3.21. The van der Waals surface area contributed by atoms with Crippen LogP contribution < -0.4 is 10.9 Å². The molecule has 0 saturated carbocycles. The molecule has 2 aromatic rings. The van der Waals surface area contributed by atoms with Gasteiger partial charge in [-0.3, -0.25) is 14.3 Å². The molecule has 0 bridgehead atoms. The van der Waals surface area contributed by atoms with Crippen LogP contribution in [0.15, 0.2) is 29.3 Å². The predicted octanol–water partition coefficient (Wildman–Crippen LogP) is 0.908. The van der Waals surface area contributed by atoms with Crippen molar-refractivity contribution >= 4 is 5.91 Å². The van der Waals surface area contributed by atoms with Crippen LogP contribution in [0.2, 0.25) is 0 Å². The number of hydrogen-bond acceptors (Lipinski definition) is 3. The molecule has 2 aromatic heterocycles. The first-order valence-corrected chi connectivity index (χ1v) is 5.97. The number of carbonyl (C=O) groups excluding carboxylic acids is 1. The molecule has 0 saturated heterocycles. The summed E-state index contributed by atoms with van der Waals surface area (Å²) < 4.78 is 1.74. The van der Waals surface area contributed by atoms with Crippen molar-refractivity contribution in [3.8, 4) is 0 Å². The van der Waals surface area contributed by atoms with E-state index in [1.807, 2.05) is 20.9 Å². The monoisotopic (exact) mass is 260 g/mol. The maximum Gasteiger partial charge on any atom is 0.260 e. The highest BCUT2D eigenvalue weighted by atomic mass is 16.2. The lowest BCUT2D eigenvalue weighted by molar-refractivity contribution is 0.0938. The minimum Gasteiger partial charge on any atom is -0.345 e. The van der Waals surface area contributed by atoms with Crippen molar-refractivity contribution in [2.45, 2.75) is 19.9 Å². The number of aryl methyl sites for hydroxylation is 1. The number of nitrogens with zero attached hydrogens (tertiary/aromatic N) is 2. The average molecular weight is 260 g/mol. The molecule has 19 heavy (non-hydrogen) atoms. The van der Waals surface area contributed by atoms with Gasteiger partial charge in [0.2, 0.25) is 0 Å². The molecule has 2 N–H and O–H groups in total. The van der Waals surface area contributed by atoms with E-state index in [1.165, 1.54) is 12.3 Å². The molecule has 2 heterocycles. The normalized spacial score (nSPS) is 12.2. The topological polar surface area (TPSA) is 79.8 Å². The van der Waals surface area contributed by atoms with Crippen molar-refractivity contribution in [2.75, 3.05) is 0 Å². The van der Waals surface area contributed by atoms with E-state index in [4.69, 9.17) is 0 Å². The van der Waals surface area contributed by atoms with Crippen LogP contribution in [-0.2, 0) is 7.05 Å². The number of pyridine rings is 1. The highest BCUT2D eigenvalue weighted by Gasteiger charge is 2.17. The molecular formula is C13H16N4O2. The molecular weight excluding hydrogens is 244 g/mol. The van der Waals surface area contributed by atoms with Crippen LogP contribution in [0.4, 0.5) is 0 Å². The number of rotatable bonds is 3. The molecule has 0 aliphatic carbocycles. The van der Waals surface area contributed by atoms with Crippen LogP contribution in [0, 0.1) is 6.92 Å². The van der Waals surface area contributed by atoms with E-state index < -0.39 is 11.5 Å². The van der Waals surface area contributed by atoms with E-state index in [-0.39, 0.29) is 11.6 Å². The zero-order valence-electron chi connectivity index (χ0n) is 11.1. The number of amides is 1. The average Bonchev–Trinajstić information content (AvgIpc) is 2.70. The molecule has 0 unspecified atom stereocenters. The minimum absolute atomic E-state index is 0.107. The van der Waals surface area contributed by atoms with Crippen molar-refractivity contribution in [2.24, 2.45) is 7.05 Å². The summed E-state index contributed by atoms with van der Waals surface area (Å²) in [5.41, 5.74) is 1.63. The Hall–Kier alpha value is -2.37. The lowest BCUT2D eigenvalue weighted by Gasteiger charge is -2.13. The van der Waals surface area contributed by atoms with E-state index in [1.54, 1.807) is 16.9 Å². The number of nitrogens with one attached hydrogen (secondary N) is 2. The summed E-state index contributed by atoms with van der Waals surface area (Å²) in [5.74, 6) is -0.391. The second-order valence-corrected chi connectivity index (χ2v) is 4.42. The van der Waals surface area contributed by atoms with Crippen LogP contribution in [0.5, 0.6) is 0 Å². The fraction of sp³-hybridized carbons (Fsp3) is 0.308. The maximum absolute atomic E-state index is 12.0. The van der Waals surface area contributed by atoms with E-state index >= 15 is 0 Å². The molecule has 0 aliphatic heterocycles. The quantitative estimate of drug-likeness (QED) is 0.860. The van der Waals surface area contributed by atoms with Crippen molar-refractivity contribution in [1.82, 2.24) is 20.1 Å². The minimum atomic E-state index is -0.393. The van der Waals surface area contributed by atoms with Crippen molar-refractivity contribution in [1.29, 1.82) is 0 Å². The van der Waals surface area contributed by atoms with Gasteiger partial charge < -0.3 is 10.3 Å². The SMILES string of the molecule is Cc1c([C@@H](C)NC(=O)c2ccc[nH]c2=O)cnn1C. The smallest absolute Gasteiger partial charge is 0.260 e. The van der Waals surface area contributed by atoms with Gasteiger partial charge in [-0.1, -0.05) is 0 Å². The first-order valence-electron chi connectivity index (χ1n) is 5.97. The summed E-state index contributed by atoms with van der Waals surface area (Å²) >= 11 is 0. The first kappa shape index (κ1) is 13.1. The molecule has 6 heteroatoms. The first-order chi connectivity index (χ1) is 9.00. The molecule has 2 rings (SSSR count). The van der Waals surface area contributed by atoms with Gasteiger partial charge in [0.25, 0.3) is 11.5 Å². The van der Waals surface area contributed by atoms with Gasteiger partial charge in [-0.15, -0.1) is 0 Å². The van der Waals surface area contributed by atoms with Gasteiger partial charge in [-0.25, -0.2) is 0 Å². The van der Waals surface area contributed by atoms with Crippen molar-refractivity contribution < 1.29 is 4.79 Å². The molecule has 0 aliphatic rings. The lowest BCUT2D eigenvalue weighted by Crippen LogP contribution is -2.31. The second kappa shape index (κ2) is 5.09. The van der Waals surface area contributed by atoms with Gasteiger partial charge in [0.1, 0.15) is 5.56 Å².